The summed E-state index contributed by atoms with van der Waals surface area (Å²) in [5, 5.41) is 2.81. The minimum atomic E-state index is -0.362. The van der Waals surface area contributed by atoms with Crippen molar-refractivity contribution in [2.45, 2.75) is 26.3 Å². The molecule has 2 aromatic carbocycles. The smallest absolute Gasteiger partial charge is 0.226 e. The highest BCUT2D eigenvalue weighted by molar-refractivity contribution is 5.92. The number of nitrogens with one attached hydrogen (secondary N) is 1. The number of nitrogens with zero attached hydrogens (tertiary/aromatic N) is 1. The lowest BCUT2D eigenvalue weighted by molar-refractivity contribution is -0.129. The zero-order chi connectivity index (χ0) is 18.0. The van der Waals surface area contributed by atoms with E-state index in [2.05, 4.69) is 5.32 Å². The van der Waals surface area contributed by atoms with Crippen LogP contribution >= 0.6 is 0 Å². The molecule has 0 fully saturated rings. The monoisotopic (exact) mass is 338 g/mol. The van der Waals surface area contributed by atoms with Crippen molar-refractivity contribution < 1.29 is 14.0 Å². The van der Waals surface area contributed by atoms with Crippen LogP contribution < -0.4 is 5.32 Å². The van der Waals surface area contributed by atoms with Crippen LogP contribution in [0.1, 0.15) is 36.1 Å². The molecular formula is C20H19FN2O2. The predicted molar refractivity (Wildman–Crippen MR) is 95.1 cm³/mol. The molecule has 3 rings (SSSR count). The highest BCUT2D eigenvalue weighted by Crippen LogP contribution is 2.33. The number of aryl methyl sites for hydroxylation is 1. The SMILES string of the molecule is CC(=O)N1C=Cc2ccccc2C1CC(=O)Nc1ccc(F)cc1C. The fourth-order valence-electron chi connectivity index (χ4n) is 3.06. The number of rotatable bonds is 3. The van der Waals surface area contributed by atoms with Crippen LogP contribution in [0.3, 0.4) is 0 Å². The first kappa shape index (κ1) is 16.9. The molecule has 2 aromatic rings. The van der Waals surface area contributed by atoms with E-state index in [4.69, 9.17) is 0 Å². The predicted octanol–water partition coefficient (Wildman–Crippen LogP) is 4.04. The zero-order valence-corrected chi connectivity index (χ0v) is 14.1. The lowest BCUT2D eigenvalue weighted by Crippen LogP contribution is -2.33. The summed E-state index contributed by atoms with van der Waals surface area (Å²) >= 11 is 0. The first-order chi connectivity index (χ1) is 12.0. The second-order valence-electron chi connectivity index (χ2n) is 6.10. The third kappa shape index (κ3) is 3.60. The molecule has 0 spiro atoms. The second kappa shape index (κ2) is 6.89. The number of carbonyl (C=O) groups is 2. The average molecular weight is 338 g/mol. The Bertz CT molecular complexity index is 861. The number of benzene rings is 2. The molecule has 0 saturated carbocycles. The average Bonchev–Trinajstić information content (AvgIpc) is 2.57. The molecule has 128 valence electrons. The van der Waals surface area contributed by atoms with Gasteiger partial charge in [0.2, 0.25) is 11.8 Å². The molecule has 0 radical (unpaired) electrons. The van der Waals surface area contributed by atoms with Crippen molar-refractivity contribution in [3.05, 3.63) is 71.2 Å². The maximum atomic E-state index is 13.2. The van der Waals surface area contributed by atoms with Gasteiger partial charge in [0.1, 0.15) is 5.82 Å². The number of hydrogen-bond donors (Lipinski definition) is 1. The highest BCUT2D eigenvalue weighted by atomic mass is 19.1. The van der Waals surface area contributed by atoms with Crippen molar-refractivity contribution in [1.82, 2.24) is 4.90 Å². The van der Waals surface area contributed by atoms with Crippen molar-refractivity contribution in [3.63, 3.8) is 0 Å². The van der Waals surface area contributed by atoms with Crippen molar-refractivity contribution >= 4 is 23.6 Å². The van der Waals surface area contributed by atoms with Crippen molar-refractivity contribution in [3.8, 4) is 0 Å². The molecule has 0 bridgehead atoms. The molecule has 1 N–H and O–H groups in total. The van der Waals surface area contributed by atoms with E-state index in [1.165, 1.54) is 19.1 Å². The number of carbonyl (C=O) groups excluding carboxylic acids is 2. The molecule has 0 aliphatic carbocycles. The van der Waals surface area contributed by atoms with Crippen LogP contribution in [0.25, 0.3) is 6.08 Å². The Kier molecular flexibility index (Phi) is 4.65. The van der Waals surface area contributed by atoms with Crippen LogP contribution in [0, 0.1) is 12.7 Å². The van der Waals surface area contributed by atoms with Crippen molar-refractivity contribution in [2.24, 2.45) is 0 Å². The molecule has 5 heteroatoms. The van der Waals surface area contributed by atoms with Gasteiger partial charge in [0, 0.05) is 18.8 Å². The first-order valence-corrected chi connectivity index (χ1v) is 8.08. The Balaban J connectivity index is 1.82. The third-order valence-corrected chi connectivity index (χ3v) is 4.31. The summed E-state index contributed by atoms with van der Waals surface area (Å²) < 4.78 is 13.2. The minimum absolute atomic E-state index is 0.123. The summed E-state index contributed by atoms with van der Waals surface area (Å²) in [6.07, 6.45) is 3.71. The molecule has 25 heavy (non-hydrogen) atoms. The van der Waals surface area contributed by atoms with Crippen molar-refractivity contribution in [2.75, 3.05) is 5.32 Å². The molecular weight excluding hydrogens is 319 g/mol. The molecule has 0 saturated heterocycles. The van der Waals surface area contributed by atoms with Gasteiger partial charge in [-0.05, 0) is 47.9 Å². The summed E-state index contributed by atoms with van der Waals surface area (Å²) in [7, 11) is 0. The Hall–Kier alpha value is -2.95. The molecule has 1 aliphatic rings. The zero-order valence-electron chi connectivity index (χ0n) is 14.1. The van der Waals surface area contributed by atoms with Crippen LogP contribution in [0.4, 0.5) is 10.1 Å². The Morgan fingerprint density at radius 1 is 1.20 bits per heavy atom. The minimum Gasteiger partial charge on any atom is -0.326 e. The fraction of sp³-hybridized carbons (Fsp3) is 0.200. The standard InChI is InChI=1S/C20H19FN2O2/c1-13-11-16(21)7-8-18(13)22-20(25)12-19-17-6-4-3-5-15(17)9-10-23(19)14(2)24/h3-11,19H,12H2,1-2H3,(H,22,25). The van der Waals surface area contributed by atoms with Crippen LogP contribution in [-0.4, -0.2) is 16.7 Å². The van der Waals surface area contributed by atoms with E-state index in [0.29, 0.717) is 11.3 Å². The van der Waals surface area contributed by atoms with Crippen LogP contribution in [0.2, 0.25) is 0 Å². The van der Waals surface area contributed by atoms with Gasteiger partial charge in [-0.1, -0.05) is 24.3 Å². The van der Waals surface area contributed by atoms with E-state index in [9.17, 15) is 14.0 Å². The van der Waals surface area contributed by atoms with Gasteiger partial charge in [0.15, 0.2) is 0 Å². The van der Waals surface area contributed by atoms with Crippen LogP contribution in [0.15, 0.2) is 48.7 Å². The number of fused-ring (bicyclic) bond motifs is 1. The molecule has 0 aromatic heterocycles. The Morgan fingerprint density at radius 2 is 1.96 bits per heavy atom. The Labute approximate surface area is 146 Å². The lowest BCUT2D eigenvalue weighted by atomic mass is 9.93. The van der Waals surface area contributed by atoms with E-state index < -0.39 is 0 Å². The second-order valence-corrected chi connectivity index (χ2v) is 6.10. The molecule has 2 amide bonds. The van der Waals surface area contributed by atoms with Gasteiger partial charge in [0.25, 0.3) is 0 Å². The molecule has 1 atom stereocenters. The van der Waals surface area contributed by atoms with Gasteiger partial charge in [-0.3, -0.25) is 9.59 Å². The maximum Gasteiger partial charge on any atom is 0.226 e. The number of halogens is 1. The Morgan fingerprint density at radius 3 is 2.68 bits per heavy atom. The molecule has 1 unspecified atom stereocenters. The molecule has 4 nitrogen and oxygen atoms in total. The maximum absolute atomic E-state index is 13.2. The topological polar surface area (TPSA) is 49.4 Å². The molecule has 1 aliphatic heterocycles. The summed E-state index contributed by atoms with van der Waals surface area (Å²) in [6, 6.07) is 11.6. The summed E-state index contributed by atoms with van der Waals surface area (Å²) in [5.74, 6) is -0.692. The number of hydrogen-bond acceptors (Lipinski definition) is 2. The summed E-state index contributed by atoms with van der Waals surface area (Å²) in [4.78, 5) is 26.0. The van der Waals surface area contributed by atoms with Gasteiger partial charge in [-0.15, -0.1) is 0 Å². The largest absolute Gasteiger partial charge is 0.326 e. The van der Waals surface area contributed by atoms with E-state index in [0.717, 1.165) is 11.1 Å². The van der Waals surface area contributed by atoms with Gasteiger partial charge < -0.3 is 10.2 Å². The summed E-state index contributed by atoms with van der Waals surface area (Å²) in [6.45, 7) is 3.21. The first-order valence-electron chi connectivity index (χ1n) is 8.08. The normalized spacial score (nSPS) is 15.6. The lowest BCUT2D eigenvalue weighted by Gasteiger charge is -2.32. The van der Waals surface area contributed by atoms with Gasteiger partial charge in [-0.25, -0.2) is 4.39 Å². The van der Waals surface area contributed by atoms with Gasteiger partial charge >= 0.3 is 0 Å². The highest BCUT2D eigenvalue weighted by Gasteiger charge is 2.28. The fourth-order valence-corrected chi connectivity index (χ4v) is 3.06. The van der Waals surface area contributed by atoms with E-state index in [1.807, 2.05) is 30.3 Å². The number of anilines is 1. The quantitative estimate of drug-likeness (QED) is 0.918. The van der Waals surface area contributed by atoms with Crippen LogP contribution in [-0.2, 0) is 9.59 Å². The van der Waals surface area contributed by atoms with E-state index in [-0.39, 0.29) is 30.1 Å². The van der Waals surface area contributed by atoms with Crippen molar-refractivity contribution in [1.29, 1.82) is 0 Å². The van der Waals surface area contributed by atoms with E-state index in [1.54, 1.807) is 24.1 Å². The van der Waals surface area contributed by atoms with Gasteiger partial charge in [-0.2, -0.15) is 0 Å². The van der Waals surface area contributed by atoms with Crippen LogP contribution in [0.5, 0.6) is 0 Å². The summed E-state index contributed by atoms with van der Waals surface area (Å²) in [5.41, 5.74) is 3.16. The van der Waals surface area contributed by atoms with E-state index >= 15 is 0 Å². The third-order valence-electron chi connectivity index (χ3n) is 4.31. The number of amides is 2. The molecule has 1 heterocycles. The van der Waals surface area contributed by atoms with Gasteiger partial charge in [0.05, 0.1) is 12.5 Å².